The van der Waals surface area contributed by atoms with Gasteiger partial charge in [-0.25, -0.2) is 9.13 Å². The van der Waals surface area contributed by atoms with E-state index in [0.29, 0.717) is 25.7 Å². The summed E-state index contributed by atoms with van der Waals surface area (Å²) in [7, 11) is -9.91. The van der Waals surface area contributed by atoms with Gasteiger partial charge in [0.25, 0.3) is 0 Å². The molecule has 0 spiro atoms. The van der Waals surface area contributed by atoms with Crippen molar-refractivity contribution in [2.24, 2.45) is 0 Å². The molecule has 2 unspecified atom stereocenters. The number of hydrogen-bond acceptors (Lipinski definition) is 15. The standard InChI is InChI=1S/C81H158O17P2/c1-5-9-13-17-21-24-27-30-33-36-39-41-44-47-50-54-58-62-66-79(84)92-72-77(98-81(86)68-64-60-56-52-49-46-43-40-37-34-31-28-25-22-18-14-10-6-2)74-96-100(89,90)94-70-75(82)69-93-99(87,88)95-73-76(71-91-78(83)65-61-57-53-20-16-12-8-4)97-80(85)67-63-59-55-51-48-45-42-38-35-32-29-26-23-19-15-11-7-3/h75-77,82H,5-74H2,1-4H3,(H,87,88)(H,89,90)/t75-,76+,77+/m0/s1. The van der Waals surface area contributed by atoms with Crippen molar-refractivity contribution in [2.45, 2.75) is 457 Å². The van der Waals surface area contributed by atoms with E-state index in [-0.39, 0.29) is 25.7 Å². The molecular formula is C81H158O17P2. The van der Waals surface area contributed by atoms with E-state index in [1.807, 2.05) is 0 Å². The van der Waals surface area contributed by atoms with Crippen molar-refractivity contribution in [1.82, 2.24) is 0 Å². The fourth-order valence-corrected chi connectivity index (χ4v) is 14.2. The topological polar surface area (TPSA) is 237 Å². The molecule has 0 aliphatic carbocycles. The van der Waals surface area contributed by atoms with E-state index in [0.717, 1.165) is 103 Å². The van der Waals surface area contributed by atoms with Crippen molar-refractivity contribution in [2.75, 3.05) is 39.6 Å². The molecule has 100 heavy (non-hydrogen) atoms. The van der Waals surface area contributed by atoms with Crippen molar-refractivity contribution < 1.29 is 80.2 Å². The Morgan fingerprint density at radius 2 is 0.400 bits per heavy atom. The third-order valence-electron chi connectivity index (χ3n) is 19.1. The summed E-state index contributed by atoms with van der Waals surface area (Å²) in [5.41, 5.74) is 0. The second-order valence-electron chi connectivity index (χ2n) is 29.2. The number of phosphoric ester groups is 2. The van der Waals surface area contributed by atoms with Crippen LogP contribution in [0.25, 0.3) is 0 Å². The van der Waals surface area contributed by atoms with Crippen LogP contribution in [-0.2, 0) is 65.4 Å². The summed E-state index contributed by atoms with van der Waals surface area (Å²) < 4.78 is 68.6. The first-order valence-corrected chi connectivity index (χ1v) is 45.3. The van der Waals surface area contributed by atoms with Crippen molar-refractivity contribution >= 4 is 39.5 Å². The number of esters is 4. The van der Waals surface area contributed by atoms with Crippen LogP contribution >= 0.6 is 15.6 Å². The number of carbonyl (C=O) groups excluding carboxylic acids is 4. The van der Waals surface area contributed by atoms with Gasteiger partial charge in [-0.3, -0.25) is 37.3 Å². The maximum atomic E-state index is 13.1. The number of aliphatic hydroxyl groups excluding tert-OH is 1. The summed E-state index contributed by atoms with van der Waals surface area (Å²) in [5, 5.41) is 10.6. The minimum absolute atomic E-state index is 0.109. The lowest BCUT2D eigenvalue weighted by Crippen LogP contribution is -2.30. The van der Waals surface area contributed by atoms with E-state index in [1.54, 1.807) is 0 Å². The molecule has 0 aromatic carbocycles. The summed E-state index contributed by atoms with van der Waals surface area (Å²) in [5.74, 6) is -2.11. The van der Waals surface area contributed by atoms with E-state index < -0.39 is 97.5 Å². The lowest BCUT2D eigenvalue weighted by atomic mass is 10.0. The lowest BCUT2D eigenvalue weighted by Gasteiger charge is -2.21. The maximum absolute atomic E-state index is 13.1. The zero-order valence-corrected chi connectivity index (χ0v) is 67.0. The Kier molecular flexibility index (Phi) is 73.8. The second-order valence-corrected chi connectivity index (χ2v) is 32.1. The van der Waals surface area contributed by atoms with Crippen LogP contribution in [0.15, 0.2) is 0 Å². The van der Waals surface area contributed by atoms with Crippen LogP contribution in [-0.4, -0.2) is 96.7 Å². The SMILES string of the molecule is CCCCCCCCCCCCCCCCCCCCC(=O)OC[C@H](COP(=O)(O)OC[C@@H](O)COP(=O)(O)OC[C@@H](COC(=O)CCCCCCCCC)OC(=O)CCCCCCCCCCCCCCCCCCC)OC(=O)CCCCCCCCCCCCCCCCCCCC. The zero-order chi connectivity index (χ0) is 73.2. The highest BCUT2D eigenvalue weighted by Gasteiger charge is 2.30. The Hall–Kier alpha value is -1.94. The quantitative estimate of drug-likeness (QED) is 0.0222. The molecule has 17 nitrogen and oxygen atoms in total. The van der Waals surface area contributed by atoms with Gasteiger partial charge in [-0.1, -0.05) is 387 Å². The van der Waals surface area contributed by atoms with E-state index in [1.165, 1.54) is 257 Å². The molecule has 0 saturated heterocycles. The molecule has 594 valence electrons. The van der Waals surface area contributed by atoms with Crippen molar-refractivity contribution in [1.29, 1.82) is 0 Å². The molecule has 0 aromatic rings. The predicted molar refractivity (Wildman–Crippen MR) is 409 cm³/mol. The maximum Gasteiger partial charge on any atom is 0.472 e. The molecular weight excluding hydrogens is 1310 g/mol. The van der Waals surface area contributed by atoms with Crippen LogP contribution in [0.4, 0.5) is 0 Å². The van der Waals surface area contributed by atoms with Gasteiger partial charge in [-0.05, 0) is 25.7 Å². The molecule has 5 atom stereocenters. The third kappa shape index (κ3) is 74.3. The van der Waals surface area contributed by atoms with Gasteiger partial charge in [0.1, 0.15) is 19.3 Å². The summed E-state index contributed by atoms with van der Waals surface area (Å²) in [6.07, 6.45) is 68.2. The Bertz CT molecular complexity index is 1890. The second kappa shape index (κ2) is 75.3. The molecule has 0 fully saturated rings. The highest BCUT2D eigenvalue weighted by Crippen LogP contribution is 2.45. The first kappa shape index (κ1) is 98.1. The van der Waals surface area contributed by atoms with Gasteiger partial charge in [0.2, 0.25) is 0 Å². The average Bonchev–Trinajstić information content (AvgIpc) is 0.979. The molecule has 0 heterocycles. The smallest absolute Gasteiger partial charge is 0.462 e. The normalized spacial score (nSPS) is 13.8. The molecule has 0 saturated carbocycles. The molecule has 0 aliphatic heterocycles. The molecule has 0 aromatic heterocycles. The number of carbonyl (C=O) groups is 4. The summed E-state index contributed by atoms with van der Waals surface area (Å²) in [6, 6.07) is 0. The predicted octanol–water partition coefficient (Wildman–Crippen LogP) is 24.6. The summed E-state index contributed by atoms with van der Waals surface area (Å²) >= 11 is 0. The van der Waals surface area contributed by atoms with Gasteiger partial charge in [-0.2, -0.15) is 0 Å². The summed E-state index contributed by atoms with van der Waals surface area (Å²) in [6.45, 7) is 4.99. The highest BCUT2D eigenvalue weighted by atomic mass is 31.2. The van der Waals surface area contributed by atoms with Crippen molar-refractivity contribution in [3.63, 3.8) is 0 Å². The summed E-state index contributed by atoms with van der Waals surface area (Å²) in [4.78, 5) is 72.9. The largest absolute Gasteiger partial charge is 0.472 e. The van der Waals surface area contributed by atoms with E-state index in [4.69, 9.17) is 37.0 Å². The molecule has 0 aliphatic rings. The molecule has 0 rings (SSSR count). The number of ether oxygens (including phenoxy) is 4. The average molecular weight is 1470 g/mol. The molecule has 0 radical (unpaired) electrons. The van der Waals surface area contributed by atoms with Crippen LogP contribution in [0.3, 0.4) is 0 Å². The highest BCUT2D eigenvalue weighted by molar-refractivity contribution is 7.47. The van der Waals surface area contributed by atoms with E-state index in [2.05, 4.69) is 27.7 Å². The number of rotatable bonds is 82. The van der Waals surface area contributed by atoms with E-state index >= 15 is 0 Å². The number of aliphatic hydroxyl groups is 1. The number of phosphoric acid groups is 2. The lowest BCUT2D eigenvalue weighted by molar-refractivity contribution is -0.161. The van der Waals surface area contributed by atoms with Crippen LogP contribution < -0.4 is 0 Å². The molecule has 19 heteroatoms. The Balaban J connectivity index is 5.17. The first-order chi connectivity index (χ1) is 48.7. The van der Waals surface area contributed by atoms with Gasteiger partial charge >= 0.3 is 39.5 Å². The first-order valence-electron chi connectivity index (χ1n) is 42.3. The van der Waals surface area contributed by atoms with Crippen LogP contribution in [0.1, 0.15) is 439 Å². The van der Waals surface area contributed by atoms with Gasteiger partial charge in [0.15, 0.2) is 12.2 Å². The third-order valence-corrected chi connectivity index (χ3v) is 21.0. The van der Waals surface area contributed by atoms with Gasteiger partial charge in [0, 0.05) is 25.7 Å². The minimum Gasteiger partial charge on any atom is -0.462 e. The van der Waals surface area contributed by atoms with Gasteiger partial charge in [0.05, 0.1) is 26.4 Å². The number of unbranched alkanes of at least 4 members (excludes halogenated alkanes) is 56. The van der Waals surface area contributed by atoms with Crippen LogP contribution in [0.2, 0.25) is 0 Å². The van der Waals surface area contributed by atoms with Crippen molar-refractivity contribution in [3.8, 4) is 0 Å². The molecule has 0 amide bonds. The molecule has 3 N–H and O–H groups in total. The Morgan fingerprint density at radius 1 is 0.240 bits per heavy atom. The fraction of sp³-hybridized carbons (Fsp3) is 0.951. The van der Waals surface area contributed by atoms with E-state index in [9.17, 15) is 43.2 Å². The molecule has 0 bridgehead atoms. The minimum atomic E-state index is -4.96. The Labute approximate surface area is 613 Å². The monoisotopic (exact) mass is 1470 g/mol. The van der Waals surface area contributed by atoms with Crippen LogP contribution in [0, 0.1) is 0 Å². The van der Waals surface area contributed by atoms with Crippen molar-refractivity contribution in [3.05, 3.63) is 0 Å². The fourth-order valence-electron chi connectivity index (χ4n) is 12.6. The van der Waals surface area contributed by atoms with Gasteiger partial charge in [-0.15, -0.1) is 0 Å². The van der Waals surface area contributed by atoms with Gasteiger partial charge < -0.3 is 33.8 Å². The van der Waals surface area contributed by atoms with Crippen LogP contribution in [0.5, 0.6) is 0 Å². The zero-order valence-electron chi connectivity index (χ0n) is 65.2. The number of hydrogen-bond donors (Lipinski definition) is 3. The Morgan fingerprint density at radius 3 is 0.590 bits per heavy atom.